The molecule has 11 nitrogen and oxygen atoms in total. The van der Waals surface area contributed by atoms with Crippen LogP contribution in [0.5, 0.6) is 0 Å². The number of nitrogens with zero attached hydrogens (tertiary/aromatic N) is 4. The molecule has 0 bridgehead atoms. The standard InChI is InChI=1S/C29H34N8O3/c1-5-24(38)30-20-11-9-19(10-12-20)27(39)32-22-8-6-7-21(17-22)31-26-23-18-37(29(2,3)25(23)33-34-26)28(40)36-15-13-35(4)14-16-36/h5-12,17H,1,13-16,18H2,2-4H3,(H,30,38)(H,32,39)(H2,31,33,34). The van der Waals surface area contributed by atoms with Gasteiger partial charge >= 0.3 is 6.03 Å². The summed E-state index contributed by atoms with van der Waals surface area (Å²) in [6, 6.07) is 14.0. The molecule has 1 fully saturated rings. The van der Waals surface area contributed by atoms with Crippen molar-refractivity contribution in [2.24, 2.45) is 0 Å². The fourth-order valence-corrected chi connectivity index (χ4v) is 5.01. The first-order valence-corrected chi connectivity index (χ1v) is 13.2. The molecule has 0 aliphatic carbocycles. The Hall–Kier alpha value is -4.64. The number of carbonyl (C=O) groups excluding carboxylic acids is 3. The van der Waals surface area contributed by atoms with Crippen LogP contribution in [0.1, 0.15) is 35.5 Å². The Morgan fingerprint density at radius 2 is 1.68 bits per heavy atom. The van der Waals surface area contributed by atoms with Gasteiger partial charge in [0.2, 0.25) is 5.91 Å². The summed E-state index contributed by atoms with van der Waals surface area (Å²) in [6.07, 6.45) is 1.18. The van der Waals surface area contributed by atoms with E-state index in [4.69, 9.17) is 0 Å². The molecule has 2 aromatic carbocycles. The summed E-state index contributed by atoms with van der Waals surface area (Å²) >= 11 is 0. The van der Waals surface area contributed by atoms with Gasteiger partial charge in [0.15, 0.2) is 5.82 Å². The first kappa shape index (κ1) is 26.9. The summed E-state index contributed by atoms with van der Waals surface area (Å²) in [5.41, 5.74) is 3.72. The summed E-state index contributed by atoms with van der Waals surface area (Å²) in [7, 11) is 2.07. The predicted molar refractivity (Wildman–Crippen MR) is 155 cm³/mol. The van der Waals surface area contributed by atoms with Crippen LogP contribution in [0, 0.1) is 0 Å². The van der Waals surface area contributed by atoms with E-state index in [0.717, 1.165) is 30.0 Å². The highest BCUT2D eigenvalue weighted by molar-refractivity contribution is 6.05. The minimum Gasteiger partial charge on any atom is -0.338 e. The second kappa shape index (κ2) is 10.9. The number of H-pyrrole nitrogens is 1. The zero-order valence-corrected chi connectivity index (χ0v) is 23.0. The number of hydrogen-bond donors (Lipinski definition) is 4. The number of fused-ring (bicyclic) bond motifs is 1. The normalized spacial score (nSPS) is 16.3. The van der Waals surface area contributed by atoms with E-state index >= 15 is 0 Å². The second-order valence-electron chi connectivity index (χ2n) is 10.6. The number of hydrogen-bond acceptors (Lipinski definition) is 6. The molecule has 0 atom stereocenters. The first-order chi connectivity index (χ1) is 19.2. The maximum Gasteiger partial charge on any atom is 0.321 e. The van der Waals surface area contributed by atoms with Gasteiger partial charge in [0, 0.05) is 54.4 Å². The maximum absolute atomic E-state index is 13.4. The molecule has 3 heterocycles. The van der Waals surface area contributed by atoms with Crippen LogP contribution in [0.15, 0.2) is 61.2 Å². The lowest BCUT2D eigenvalue weighted by Crippen LogP contribution is -2.54. The third-order valence-corrected chi connectivity index (χ3v) is 7.46. The van der Waals surface area contributed by atoms with Gasteiger partial charge in [-0.25, -0.2) is 4.79 Å². The Balaban J connectivity index is 1.26. The van der Waals surface area contributed by atoms with Gasteiger partial charge in [-0.1, -0.05) is 12.6 Å². The number of amides is 4. The molecule has 0 unspecified atom stereocenters. The van der Waals surface area contributed by atoms with Crippen LogP contribution in [0.3, 0.4) is 0 Å². The third-order valence-electron chi connectivity index (χ3n) is 7.46. The van der Waals surface area contributed by atoms with E-state index in [2.05, 4.69) is 44.7 Å². The van der Waals surface area contributed by atoms with Gasteiger partial charge in [0.05, 0.1) is 17.8 Å². The number of benzene rings is 2. The van der Waals surface area contributed by atoms with Crippen molar-refractivity contribution in [3.05, 3.63) is 78.0 Å². The molecule has 1 aromatic heterocycles. The van der Waals surface area contributed by atoms with E-state index in [-0.39, 0.29) is 17.8 Å². The smallest absolute Gasteiger partial charge is 0.321 e. The topological polar surface area (TPSA) is 126 Å². The van der Waals surface area contributed by atoms with E-state index < -0.39 is 5.54 Å². The Morgan fingerprint density at radius 3 is 2.38 bits per heavy atom. The molecule has 2 aliphatic heterocycles. The Kier molecular flexibility index (Phi) is 7.31. The van der Waals surface area contributed by atoms with Crippen molar-refractivity contribution in [2.75, 3.05) is 49.2 Å². The molecule has 1 saturated heterocycles. The summed E-state index contributed by atoms with van der Waals surface area (Å²) in [6.45, 7) is 11.1. The molecule has 40 heavy (non-hydrogen) atoms. The zero-order chi connectivity index (χ0) is 28.4. The zero-order valence-electron chi connectivity index (χ0n) is 23.0. The van der Waals surface area contributed by atoms with Crippen molar-refractivity contribution < 1.29 is 14.4 Å². The van der Waals surface area contributed by atoms with Gasteiger partial charge in [0.25, 0.3) is 5.91 Å². The predicted octanol–water partition coefficient (Wildman–Crippen LogP) is 3.95. The van der Waals surface area contributed by atoms with Gasteiger partial charge < -0.3 is 30.7 Å². The van der Waals surface area contributed by atoms with E-state index in [0.29, 0.717) is 42.4 Å². The van der Waals surface area contributed by atoms with Crippen molar-refractivity contribution in [3.63, 3.8) is 0 Å². The number of anilines is 4. The van der Waals surface area contributed by atoms with Crippen molar-refractivity contribution in [3.8, 4) is 0 Å². The summed E-state index contributed by atoms with van der Waals surface area (Å²) in [5, 5.41) is 16.6. The van der Waals surface area contributed by atoms with Crippen molar-refractivity contribution in [1.82, 2.24) is 24.9 Å². The highest BCUT2D eigenvalue weighted by atomic mass is 16.2. The van der Waals surface area contributed by atoms with Crippen LogP contribution in [-0.4, -0.2) is 76.0 Å². The van der Waals surface area contributed by atoms with E-state index in [1.54, 1.807) is 30.3 Å². The molecule has 4 amide bonds. The molecule has 2 aliphatic rings. The molecule has 0 radical (unpaired) electrons. The molecule has 5 rings (SSSR count). The van der Waals surface area contributed by atoms with Crippen LogP contribution in [0.25, 0.3) is 0 Å². The molecule has 0 saturated carbocycles. The monoisotopic (exact) mass is 542 g/mol. The molecule has 3 aromatic rings. The van der Waals surface area contributed by atoms with Gasteiger partial charge in [-0.15, -0.1) is 0 Å². The summed E-state index contributed by atoms with van der Waals surface area (Å²) in [4.78, 5) is 43.7. The maximum atomic E-state index is 13.4. The lowest BCUT2D eigenvalue weighted by Gasteiger charge is -2.39. The third kappa shape index (κ3) is 5.41. The number of rotatable bonds is 6. The lowest BCUT2D eigenvalue weighted by atomic mass is 10.0. The quantitative estimate of drug-likeness (QED) is 0.350. The Morgan fingerprint density at radius 1 is 0.975 bits per heavy atom. The minimum absolute atomic E-state index is 0.0366. The number of urea groups is 1. The van der Waals surface area contributed by atoms with Crippen LogP contribution in [-0.2, 0) is 16.9 Å². The number of nitrogens with one attached hydrogen (secondary N) is 4. The molecule has 11 heteroatoms. The van der Waals surface area contributed by atoms with E-state index in [1.807, 2.05) is 41.8 Å². The lowest BCUT2D eigenvalue weighted by molar-refractivity contribution is -0.111. The van der Waals surface area contributed by atoms with E-state index in [9.17, 15) is 14.4 Å². The molecular formula is C29H34N8O3. The molecule has 208 valence electrons. The number of piperazine rings is 1. The highest BCUT2D eigenvalue weighted by Crippen LogP contribution is 2.41. The highest BCUT2D eigenvalue weighted by Gasteiger charge is 2.45. The molecule has 0 spiro atoms. The fraction of sp³-hybridized carbons (Fsp3) is 0.310. The van der Waals surface area contributed by atoms with Gasteiger partial charge in [-0.2, -0.15) is 5.10 Å². The van der Waals surface area contributed by atoms with Crippen molar-refractivity contribution >= 4 is 40.7 Å². The van der Waals surface area contributed by atoms with E-state index in [1.165, 1.54) is 6.08 Å². The van der Waals surface area contributed by atoms with Crippen LogP contribution < -0.4 is 16.0 Å². The second-order valence-corrected chi connectivity index (χ2v) is 10.6. The molecular weight excluding hydrogens is 508 g/mol. The first-order valence-electron chi connectivity index (χ1n) is 13.2. The minimum atomic E-state index is -0.525. The largest absolute Gasteiger partial charge is 0.338 e. The summed E-state index contributed by atoms with van der Waals surface area (Å²) in [5.74, 6) is 0.0542. The summed E-state index contributed by atoms with van der Waals surface area (Å²) < 4.78 is 0. The molecule has 4 N–H and O–H groups in total. The Bertz CT molecular complexity index is 1440. The Labute approximate surface area is 233 Å². The number of likely N-dealkylation sites (N-methyl/N-ethyl adjacent to an activating group) is 1. The van der Waals surface area contributed by atoms with Crippen molar-refractivity contribution in [1.29, 1.82) is 0 Å². The average Bonchev–Trinajstić information content (AvgIpc) is 3.46. The van der Waals surface area contributed by atoms with Gasteiger partial charge in [-0.05, 0) is 69.4 Å². The number of carbonyl (C=O) groups is 3. The number of aromatic amines is 1. The average molecular weight is 543 g/mol. The van der Waals surface area contributed by atoms with Crippen LogP contribution >= 0.6 is 0 Å². The van der Waals surface area contributed by atoms with Gasteiger partial charge in [-0.3, -0.25) is 14.7 Å². The van der Waals surface area contributed by atoms with Crippen LogP contribution in [0.2, 0.25) is 0 Å². The van der Waals surface area contributed by atoms with Crippen molar-refractivity contribution in [2.45, 2.75) is 25.9 Å². The van der Waals surface area contributed by atoms with Gasteiger partial charge in [0.1, 0.15) is 0 Å². The SMILES string of the molecule is C=CC(=O)Nc1ccc(C(=O)Nc2cccc(Nc3n[nH]c4c3CN(C(=O)N3CCN(C)CC3)C4(C)C)c2)cc1. The number of aromatic nitrogens is 2. The fourth-order valence-electron chi connectivity index (χ4n) is 5.01. The van der Waals surface area contributed by atoms with Crippen LogP contribution in [0.4, 0.5) is 27.7 Å².